The second-order valence-corrected chi connectivity index (χ2v) is 6.12. The van der Waals surface area contributed by atoms with Gasteiger partial charge in [0, 0.05) is 31.0 Å². The first-order valence-electron chi connectivity index (χ1n) is 8.62. The standard InChI is InChI=1S/C18H25FN4O2/c1-3-4-5-14(11-20)21-16(24)8-9-17-22-18(23-25-17)13-6-7-15(19)12(2)10-13/h6-7,10,14H,3-5,8-9,11,20H2,1-2H3,(H,21,24). The van der Waals surface area contributed by atoms with Gasteiger partial charge in [-0.1, -0.05) is 24.9 Å². The van der Waals surface area contributed by atoms with Crippen LogP contribution in [0.15, 0.2) is 22.7 Å². The largest absolute Gasteiger partial charge is 0.352 e. The summed E-state index contributed by atoms with van der Waals surface area (Å²) in [6, 6.07) is 4.64. The van der Waals surface area contributed by atoms with Crippen molar-refractivity contribution < 1.29 is 13.7 Å². The molecule has 7 heteroatoms. The van der Waals surface area contributed by atoms with Crippen LogP contribution in [-0.2, 0) is 11.2 Å². The molecule has 1 aromatic heterocycles. The first-order valence-corrected chi connectivity index (χ1v) is 8.62. The average Bonchev–Trinajstić information content (AvgIpc) is 3.08. The fourth-order valence-electron chi connectivity index (χ4n) is 2.48. The minimum absolute atomic E-state index is 0.00730. The summed E-state index contributed by atoms with van der Waals surface area (Å²) in [6.45, 7) is 4.21. The molecule has 0 saturated carbocycles. The minimum Gasteiger partial charge on any atom is -0.352 e. The van der Waals surface area contributed by atoms with Crippen LogP contribution >= 0.6 is 0 Å². The lowest BCUT2D eigenvalue weighted by Crippen LogP contribution is -2.40. The van der Waals surface area contributed by atoms with E-state index in [2.05, 4.69) is 22.4 Å². The fourth-order valence-corrected chi connectivity index (χ4v) is 2.48. The summed E-state index contributed by atoms with van der Waals surface area (Å²) in [4.78, 5) is 16.3. The van der Waals surface area contributed by atoms with E-state index in [0.717, 1.165) is 19.3 Å². The Morgan fingerprint density at radius 2 is 2.24 bits per heavy atom. The van der Waals surface area contributed by atoms with Gasteiger partial charge >= 0.3 is 0 Å². The van der Waals surface area contributed by atoms with Crippen LogP contribution in [0.4, 0.5) is 4.39 Å². The van der Waals surface area contributed by atoms with Gasteiger partial charge in [0.1, 0.15) is 5.82 Å². The second kappa shape index (κ2) is 9.27. The number of hydrogen-bond acceptors (Lipinski definition) is 5. The molecular weight excluding hydrogens is 323 g/mol. The van der Waals surface area contributed by atoms with Gasteiger partial charge in [-0.05, 0) is 37.1 Å². The number of nitrogens with two attached hydrogens (primary N) is 1. The number of aromatic nitrogens is 2. The van der Waals surface area contributed by atoms with Crippen molar-refractivity contribution in [3.05, 3.63) is 35.5 Å². The number of hydrogen-bond donors (Lipinski definition) is 2. The molecule has 0 spiro atoms. The Hall–Kier alpha value is -2.28. The molecule has 2 aromatic rings. The highest BCUT2D eigenvalue weighted by molar-refractivity contribution is 5.76. The van der Waals surface area contributed by atoms with Gasteiger partial charge in [0.25, 0.3) is 0 Å². The number of halogens is 1. The number of nitrogens with one attached hydrogen (secondary N) is 1. The summed E-state index contributed by atoms with van der Waals surface area (Å²) in [6.07, 6.45) is 3.59. The molecule has 1 atom stereocenters. The zero-order valence-corrected chi connectivity index (χ0v) is 14.7. The van der Waals surface area contributed by atoms with E-state index in [9.17, 15) is 9.18 Å². The Balaban J connectivity index is 1.88. The molecule has 0 bridgehead atoms. The monoisotopic (exact) mass is 348 g/mol. The van der Waals surface area contributed by atoms with Crippen molar-refractivity contribution in [2.75, 3.05) is 6.54 Å². The predicted molar refractivity (Wildman–Crippen MR) is 93.3 cm³/mol. The lowest BCUT2D eigenvalue weighted by Gasteiger charge is -2.15. The van der Waals surface area contributed by atoms with Crippen molar-refractivity contribution in [1.82, 2.24) is 15.5 Å². The molecule has 0 fully saturated rings. The molecular formula is C18H25FN4O2. The Kier molecular flexibility index (Phi) is 7.06. The summed E-state index contributed by atoms with van der Waals surface area (Å²) in [5.41, 5.74) is 6.88. The van der Waals surface area contributed by atoms with Crippen LogP contribution in [0.1, 0.15) is 44.1 Å². The highest BCUT2D eigenvalue weighted by Gasteiger charge is 2.14. The molecule has 3 N–H and O–H groups in total. The molecule has 0 aliphatic rings. The van der Waals surface area contributed by atoms with Gasteiger partial charge in [-0.2, -0.15) is 4.98 Å². The number of amides is 1. The second-order valence-electron chi connectivity index (χ2n) is 6.12. The lowest BCUT2D eigenvalue weighted by atomic mass is 10.1. The number of nitrogens with zero attached hydrogens (tertiary/aromatic N) is 2. The fraction of sp³-hybridized carbons (Fsp3) is 0.500. The third kappa shape index (κ3) is 5.63. The Morgan fingerprint density at radius 1 is 1.44 bits per heavy atom. The summed E-state index contributed by atoms with van der Waals surface area (Å²) < 4.78 is 18.5. The molecule has 0 saturated heterocycles. The predicted octanol–water partition coefficient (Wildman–Crippen LogP) is 2.75. The summed E-state index contributed by atoms with van der Waals surface area (Å²) in [7, 11) is 0. The number of unbranched alkanes of at least 4 members (excludes halogenated alkanes) is 1. The van der Waals surface area contributed by atoms with Crippen molar-refractivity contribution >= 4 is 5.91 Å². The van der Waals surface area contributed by atoms with Gasteiger partial charge in [-0.25, -0.2) is 4.39 Å². The van der Waals surface area contributed by atoms with Crippen molar-refractivity contribution in [3.8, 4) is 11.4 Å². The molecule has 0 radical (unpaired) electrons. The first kappa shape index (κ1) is 19.1. The third-order valence-electron chi connectivity index (χ3n) is 4.01. The lowest BCUT2D eigenvalue weighted by molar-refractivity contribution is -0.121. The minimum atomic E-state index is -0.276. The van der Waals surface area contributed by atoms with E-state index >= 15 is 0 Å². The zero-order valence-electron chi connectivity index (χ0n) is 14.7. The van der Waals surface area contributed by atoms with Gasteiger partial charge in [0.15, 0.2) is 0 Å². The van der Waals surface area contributed by atoms with Crippen molar-refractivity contribution in [2.24, 2.45) is 5.73 Å². The molecule has 1 unspecified atom stereocenters. The van der Waals surface area contributed by atoms with Crippen LogP contribution in [0.5, 0.6) is 0 Å². The molecule has 2 rings (SSSR count). The highest BCUT2D eigenvalue weighted by atomic mass is 19.1. The maximum atomic E-state index is 13.3. The topological polar surface area (TPSA) is 94.0 Å². The van der Waals surface area contributed by atoms with Crippen LogP contribution < -0.4 is 11.1 Å². The average molecular weight is 348 g/mol. The van der Waals surface area contributed by atoms with Crippen LogP contribution in [0.3, 0.4) is 0 Å². The summed E-state index contributed by atoms with van der Waals surface area (Å²) >= 11 is 0. The van der Waals surface area contributed by atoms with Gasteiger partial charge in [-0.3, -0.25) is 4.79 Å². The first-order chi connectivity index (χ1) is 12.0. The Morgan fingerprint density at radius 3 is 2.92 bits per heavy atom. The quantitative estimate of drug-likeness (QED) is 0.727. The summed E-state index contributed by atoms with van der Waals surface area (Å²) in [5.74, 6) is 0.414. The molecule has 6 nitrogen and oxygen atoms in total. The molecule has 25 heavy (non-hydrogen) atoms. The molecule has 0 aliphatic carbocycles. The van der Waals surface area contributed by atoms with E-state index in [1.54, 1.807) is 19.1 Å². The van der Waals surface area contributed by atoms with Gasteiger partial charge in [0.2, 0.25) is 17.6 Å². The molecule has 1 heterocycles. The number of carbonyl (C=O) groups excluding carboxylic acids is 1. The van der Waals surface area contributed by atoms with Crippen molar-refractivity contribution in [1.29, 1.82) is 0 Å². The molecule has 1 aromatic carbocycles. The molecule has 136 valence electrons. The third-order valence-corrected chi connectivity index (χ3v) is 4.01. The van der Waals surface area contributed by atoms with Crippen LogP contribution in [0, 0.1) is 12.7 Å². The van der Waals surface area contributed by atoms with E-state index < -0.39 is 0 Å². The molecule has 1 amide bonds. The number of carbonyl (C=O) groups is 1. The SMILES string of the molecule is CCCCC(CN)NC(=O)CCc1nc(-c2ccc(F)c(C)c2)no1. The number of aryl methyl sites for hydroxylation is 2. The smallest absolute Gasteiger partial charge is 0.227 e. The maximum absolute atomic E-state index is 13.3. The maximum Gasteiger partial charge on any atom is 0.227 e. The van der Waals surface area contributed by atoms with E-state index in [-0.39, 0.29) is 24.2 Å². The van der Waals surface area contributed by atoms with Crippen molar-refractivity contribution in [3.63, 3.8) is 0 Å². The Bertz CT molecular complexity index is 702. The highest BCUT2D eigenvalue weighted by Crippen LogP contribution is 2.19. The van der Waals surface area contributed by atoms with Gasteiger partial charge in [0.05, 0.1) is 0 Å². The van der Waals surface area contributed by atoms with Gasteiger partial charge < -0.3 is 15.6 Å². The number of benzene rings is 1. The summed E-state index contributed by atoms with van der Waals surface area (Å²) in [5, 5.41) is 6.82. The Labute approximate surface area is 147 Å². The van der Waals surface area contributed by atoms with Crippen LogP contribution in [0.25, 0.3) is 11.4 Å². The molecule has 0 aliphatic heterocycles. The van der Waals surface area contributed by atoms with E-state index in [0.29, 0.717) is 35.8 Å². The van der Waals surface area contributed by atoms with E-state index in [1.807, 2.05) is 0 Å². The zero-order chi connectivity index (χ0) is 18.2. The van der Waals surface area contributed by atoms with E-state index in [1.165, 1.54) is 6.07 Å². The number of rotatable bonds is 9. The normalized spacial score (nSPS) is 12.2. The van der Waals surface area contributed by atoms with E-state index in [4.69, 9.17) is 10.3 Å². The van der Waals surface area contributed by atoms with Crippen LogP contribution in [-0.4, -0.2) is 28.6 Å². The van der Waals surface area contributed by atoms with Crippen molar-refractivity contribution in [2.45, 2.75) is 52.0 Å². The van der Waals surface area contributed by atoms with Crippen LogP contribution in [0.2, 0.25) is 0 Å². The van der Waals surface area contributed by atoms with Gasteiger partial charge in [-0.15, -0.1) is 0 Å².